The first-order valence-electron chi connectivity index (χ1n) is 10.8. The highest BCUT2D eigenvalue weighted by molar-refractivity contribution is 8.00. The van der Waals surface area contributed by atoms with Crippen molar-refractivity contribution in [3.63, 3.8) is 0 Å². The fourth-order valence-corrected chi connectivity index (χ4v) is 5.27. The second-order valence-corrected chi connectivity index (χ2v) is 9.79. The van der Waals surface area contributed by atoms with Crippen LogP contribution in [0.1, 0.15) is 19.8 Å². The number of carbonyl (C=O) groups is 2. The molecule has 3 heterocycles. The lowest BCUT2D eigenvalue weighted by Gasteiger charge is -2.30. The van der Waals surface area contributed by atoms with E-state index in [-0.39, 0.29) is 18.4 Å². The summed E-state index contributed by atoms with van der Waals surface area (Å²) in [5.74, 6) is 0.378. The predicted molar refractivity (Wildman–Crippen MR) is 131 cm³/mol. The van der Waals surface area contributed by atoms with Gasteiger partial charge >= 0.3 is 0 Å². The molecule has 1 atom stereocenters. The molecule has 1 fully saturated rings. The molecule has 0 spiro atoms. The molecule has 2 aliphatic rings. The molecule has 0 radical (unpaired) electrons. The number of rotatable bonds is 5. The zero-order chi connectivity index (χ0) is 22.9. The van der Waals surface area contributed by atoms with E-state index in [9.17, 15) is 9.59 Å². The van der Waals surface area contributed by atoms with Crippen LogP contribution in [0.5, 0.6) is 0 Å². The minimum atomic E-state index is -0.488. The fraction of sp³-hybridized carbons (Fsp3) is 0.304. The number of aromatic nitrogens is 3. The lowest BCUT2D eigenvalue weighted by molar-refractivity contribution is -0.121. The highest BCUT2D eigenvalue weighted by Crippen LogP contribution is 2.34. The molecule has 8 nitrogen and oxygen atoms in total. The van der Waals surface area contributed by atoms with Crippen molar-refractivity contribution in [3.8, 4) is 5.69 Å². The Labute approximate surface area is 200 Å². The Morgan fingerprint density at radius 2 is 1.91 bits per heavy atom. The van der Waals surface area contributed by atoms with Gasteiger partial charge in [0.25, 0.3) is 0 Å². The number of anilines is 3. The molecule has 5 rings (SSSR count). The fourth-order valence-electron chi connectivity index (χ4n) is 4.16. The summed E-state index contributed by atoms with van der Waals surface area (Å²) in [5, 5.41) is 12.5. The van der Waals surface area contributed by atoms with Gasteiger partial charge in [-0.25, -0.2) is 0 Å². The van der Waals surface area contributed by atoms with E-state index in [0.717, 1.165) is 37.6 Å². The summed E-state index contributed by atoms with van der Waals surface area (Å²) in [6.45, 7) is 3.64. The largest absolute Gasteiger partial charge is 0.341 e. The van der Waals surface area contributed by atoms with Crippen LogP contribution < -0.4 is 15.1 Å². The van der Waals surface area contributed by atoms with Gasteiger partial charge in [0.05, 0.1) is 22.3 Å². The molecule has 2 aliphatic heterocycles. The first-order valence-corrected chi connectivity index (χ1v) is 12.1. The number of nitrogens with one attached hydrogen (secondary N) is 1. The Bertz CT molecular complexity index is 1210. The molecule has 3 aromatic rings. The maximum atomic E-state index is 13.4. The van der Waals surface area contributed by atoms with E-state index in [1.807, 2.05) is 54.0 Å². The molecule has 0 bridgehead atoms. The first-order chi connectivity index (χ1) is 16.0. The van der Waals surface area contributed by atoms with E-state index in [1.54, 1.807) is 6.07 Å². The SMILES string of the molecule is C[C@@H](Sc1nnc(N2CCCC2)n1-c1cccc(Cl)c1)C(=O)N1CC(=O)Nc2ccccc21. The van der Waals surface area contributed by atoms with Crippen molar-refractivity contribution in [2.24, 2.45) is 0 Å². The molecule has 0 saturated carbocycles. The van der Waals surface area contributed by atoms with Crippen LogP contribution in [-0.2, 0) is 9.59 Å². The van der Waals surface area contributed by atoms with Gasteiger partial charge < -0.3 is 10.2 Å². The van der Waals surface area contributed by atoms with Crippen LogP contribution in [0, 0.1) is 0 Å². The van der Waals surface area contributed by atoms with Crippen molar-refractivity contribution in [1.82, 2.24) is 14.8 Å². The number of thioether (sulfide) groups is 1. The number of para-hydroxylation sites is 2. The number of benzene rings is 2. The Morgan fingerprint density at radius 1 is 1.12 bits per heavy atom. The molecule has 0 unspecified atom stereocenters. The maximum absolute atomic E-state index is 13.4. The predicted octanol–water partition coefficient (Wildman–Crippen LogP) is 3.99. The summed E-state index contributed by atoms with van der Waals surface area (Å²) in [7, 11) is 0. The second-order valence-electron chi connectivity index (χ2n) is 8.04. The van der Waals surface area contributed by atoms with Crippen molar-refractivity contribution < 1.29 is 9.59 Å². The molecule has 2 aromatic carbocycles. The quantitative estimate of drug-likeness (QED) is 0.554. The van der Waals surface area contributed by atoms with E-state index in [4.69, 9.17) is 11.6 Å². The third kappa shape index (κ3) is 4.30. The normalized spacial score (nSPS) is 16.5. The number of nitrogens with zero attached hydrogens (tertiary/aromatic N) is 5. The van der Waals surface area contributed by atoms with Gasteiger partial charge in [0.2, 0.25) is 17.8 Å². The highest BCUT2D eigenvalue weighted by Gasteiger charge is 2.32. The molecule has 10 heteroatoms. The van der Waals surface area contributed by atoms with Gasteiger partial charge in [0, 0.05) is 18.1 Å². The Kier molecular flexibility index (Phi) is 5.99. The molecular formula is C23H23ClN6O2S. The van der Waals surface area contributed by atoms with Crippen molar-refractivity contribution in [2.75, 3.05) is 34.8 Å². The Hall–Kier alpha value is -3.04. The molecular weight excluding hydrogens is 460 g/mol. The van der Waals surface area contributed by atoms with Crippen LogP contribution in [0.2, 0.25) is 5.02 Å². The van der Waals surface area contributed by atoms with Crippen LogP contribution in [0.4, 0.5) is 17.3 Å². The first kappa shape index (κ1) is 21.8. The van der Waals surface area contributed by atoms with E-state index >= 15 is 0 Å². The number of carbonyl (C=O) groups excluding carboxylic acids is 2. The number of halogens is 1. The Morgan fingerprint density at radius 3 is 2.70 bits per heavy atom. The minimum Gasteiger partial charge on any atom is -0.341 e. The number of hydrogen-bond donors (Lipinski definition) is 1. The molecule has 1 aromatic heterocycles. The zero-order valence-electron chi connectivity index (χ0n) is 18.1. The maximum Gasteiger partial charge on any atom is 0.244 e. The summed E-state index contributed by atoms with van der Waals surface area (Å²) < 4.78 is 1.96. The molecule has 0 aliphatic carbocycles. The van der Waals surface area contributed by atoms with Crippen LogP contribution in [0.3, 0.4) is 0 Å². The average molecular weight is 483 g/mol. The van der Waals surface area contributed by atoms with Gasteiger partial charge in [-0.15, -0.1) is 10.2 Å². The van der Waals surface area contributed by atoms with Gasteiger partial charge in [-0.1, -0.05) is 41.6 Å². The molecule has 1 saturated heterocycles. The lowest BCUT2D eigenvalue weighted by atomic mass is 10.2. The van der Waals surface area contributed by atoms with Crippen molar-refractivity contribution in [2.45, 2.75) is 30.2 Å². The second kappa shape index (κ2) is 9.07. The highest BCUT2D eigenvalue weighted by atomic mass is 35.5. The average Bonchev–Trinajstić information content (AvgIpc) is 3.48. The summed E-state index contributed by atoms with van der Waals surface area (Å²) in [6, 6.07) is 14.8. The van der Waals surface area contributed by atoms with Gasteiger partial charge in [-0.2, -0.15) is 0 Å². The van der Waals surface area contributed by atoms with Crippen LogP contribution in [0.15, 0.2) is 53.7 Å². The van der Waals surface area contributed by atoms with Gasteiger partial charge in [-0.3, -0.25) is 19.1 Å². The van der Waals surface area contributed by atoms with E-state index in [0.29, 0.717) is 21.6 Å². The molecule has 1 N–H and O–H groups in total. The molecule has 33 heavy (non-hydrogen) atoms. The van der Waals surface area contributed by atoms with Crippen molar-refractivity contribution in [3.05, 3.63) is 53.6 Å². The monoisotopic (exact) mass is 482 g/mol. The lowest BCUT2D eigenvalue weighted by Crippen LogP contribution is -2.45. The number of amides is 2. The smallest absolute Gasteiger partial charge is 0.244 e. The summed E-state index contributed by atoms with van der Waals surface area (Å²) in [4.78, 5) is 29.3. The number of fused-ring (bicyclic) bond motifs is 1. The van der Waals surface area contributed by atoms with Crippen LogP contribution >= 0.6 is 23.4 Å². The van der Waals surface area contributed by atoms with E-state index in [1.165, 1.54) is 16.7 Å². The molecule has 170 valence electrons. The van der Waals surface area contributed by atoms with Crippen LogP contribution in [0.25, 0.3) is 5.69 Å². The van der Waals surface area contributed by atoms with E-state index < -0.39 is 5.25 Å². The standard InChI is InChI=1S/C23H23ClN6O2S/c1-15(21(32)29-14-20(31)25-18-9-2-3-10-19(18)29)33-23-27-26-22(28-11-4-5-12-28)30(23)17-8-6-7-16(24)13-17/h2-3,6-10,13,15H,4-5,11-12,14H2,1H3,(H,25,31)/t15-/m1/s1. The third-order valence-corrected chi connectivity index (χ3v) is 7.00. The zero-order valence-corrected chi connectivity index (χ0v) is 19.6. The number of hydrogen-bond acceptors (Lipinski definition) is 6. The van der Waals surface area contributed by atoms with Gasteiger partial charge in [0.1, 0.15) is 6.54 Å². The third-order valence-electron chi connectivity index (χ3n) is 5.74. The summed E-state index contributed by atoms with van der Waals surface area (Å²) in [6.07, 6.45) is 2.21. The minimum absolute atomic E-state index is 0.0131. The van der Waals surface area contributed by atoms with Crippen LogP contribution in [-0.4, -0.2) is 51.5 Å². The summed E-state index contributed by atoms with van der Waals surface area (Å²) >= 11 is 7.60. The summed E-state index contributed by atoms with van der Waals surface area (Å²) in [5.41, 5.74) is 2.18. The molecule has 2 amide bonds. The van der Waals surface area contributed by atoms with Gasteiger partial charge in [-0.05, 0) is 50.1 Å². The topological polar surface area (TPSA) is 83.4 Å². The van der Waals surface area contributed by atoms with Crippen molar-refractivity contribution in [1.29, 1.82) is 0 Å². The van der Waals surface area contributed by atoms with E-state index in [2.05, 4.69) is 20.4 Å². The Balaban J connectivity index is 1.46. The van der Waals surface area contributed by atoms with Gasteiger partial charge in [0.15, 0.2) is 5.16 Å². The van der Waals surface area contributed by atoms with Crippen molar-refractivity contribution >= 4 is 52.5 Å².